The first-order valence-corrected chi connectivity index (χ1v) is 5.44. The Balaban J connectivity index is 0.000000442. The van der Waals surface area contributed by atoms with Crippen molar-refractivity contribution in [1.82, 2.24) is 9.55 Å². The van der Waals surface area contributed by atoms with E-state index in [0.29, 0.717) is 0 Å². The van der Waals surface area contributed by atoms with Gasteiger partial charge >= 0.3 is 0 Å². The molecule has 0 unspecified atom stereocenters. The molecule has 3 heteroatoms. The minimum atomic E-state index is 0.780. The van der Waals surface area contributed by atoms with Gasteiger partial charge in [-0.2, -0.15) is 0 Å². The van der Waals surface area contributed by atoms with Crippen molar-refractivity contribution in [2.75, 3.05) is 5.73 Å². The van der Waals surface area contributed by atoms with Crippen molar-refractivity contribution in [2.45, 2.75) is 27.7 Å². The van der Waals surface area contributed by atoms with E-state index in [1.54, 1.807) is 6.20 Å². The molecule has 2 N–H and O–H groups in total. The third-order valence-corrected chi connectivity index (χ3v) is 1.79. The van der Waals surface area contributed by atoms with E-state index in [1.165, 1.54) is 0 Å². The normalized spacial score (nSPS) is 8.60. The van der Waals surface area contributed by atoms with Crippen LogP contribution in [0.3, 0.4) is 0 Å². The van der Waals surface area contributed by atoms with Crippen LogP contribution in [-0.4, -0.2) is 9.55 Å². The Hall–Kier alpha value is -1.51. The van der Waals surface area contributed by atoms with E-state index >= 15 is 0 Å². The summed E-state index contributed by atoms with van der Waals surface area (Å²) >= 11 is 0. The number of aromatic nitrogens is 2. The molecule has 0 aliphatic rings. The summed E-state index contributed by atoms with van der Waals surface area (Å²) in [6, 6.07) is 3.76. The molecule has 0 atom stereocenters. The number of hydrogen-bond donors (Lipinski definition) is 1. The third-order valence-electron chi connectivity index (χ3n) is 1.79. The van der Waals surface area contributed by atoms with Crippen LogP contribution in [0.5, 0.6) is 0 Å². The third kappa shape index (κ3) is 2.98. The second-order valence-electron chi connectivity index (χ2n) is 2.56. The summed E-state index contributed by atoms with van der Waals surface area (Å²) in [4.78, 5) is 4.16. The monoisotopic (exact) mass is 207 g/mol. The molecule has 0 aromatic carbocycles. The van der Waals surface area contributed by atoms with E-state index in [9.17, 15) is 0 Å². The molecule has 2 aromatic heterocycles. The van der Waals surface area contributed by atoms with Gasteiger partial charge in [0.25, 0.3) is 0 Å². The van der Waals surface area contributed by atoms with Gasteiger partial charge in [-0.1, -0.05) is 27.7 Å². The van der Waals surface area contributed by atoms with Gasteiger partial charge in [-0.05, 0) is 12.1 Å². The number of nitrogens with two attached hydrogens (primary N) is 1. The number of nitrogen functional groups attached to an aromatic ring is 1. The van der Waals surface area contributed by atoms with Gasteiger partial charge < -0.3 is 10.3 Å². The van der Waals surface area contributed by atoms with Crippen molar-refractivity contribution in [3.8, 4) is 0 Å². The summed E-state index contributed by atoms with van der Waals surface area (Å²) in [5.74, 6) is 0. The summed E-state index contributed by atoms with van der Waals surface area (Å²) < 4.78 is 1.97. The first kappa shape index (κ1) is 13.5. The number of hydrogen-bond acceptors (Lipinski definition) is 2. The summed E-state index contributed by atoms with van der Waals surface area (Å²) in [7, 11) is 1.96. The lowest BCUT2D eigenvalue weighted by Crippen LogP contribution is -1.92. The maximum Gasteiger partial charge on any atom is 0.0902 e. The lowest BCUT2D eigenvalue weighted by Gasteiger charge is -1.98. The number of pyridine rings is 1. The quantitative estimate of drug-likeness (QED) is 0.721. The van der Waals surface area contributed by atoms with Gasteiger partial charge in [0.2, 0.25) is 0 Å². The molecule has 2 aromatic rings. The number of anilines is 1. The summed E-state index contributed by atoms with van der Waals surface area (Å²) in [5.41, 5.74) is 8.48. The van der Waals surface area contributed by atoms with Crippen LogP contribution in [0.4, 0.5) is 5.69 Å². The summed E-state index contributed by atoms with van der Waals surface area (Å²) in [6.45, 7) is 8.00. The van der Waals surface area contributed by atoms with Crippen LogP contribution in [0, 0.1) is 0 Å². The molecule has 0 amide bonds. The Kier molecular flexibility index (Phi) is 6.18. The fourth-order valence-corrected chi connectivity index (χ4v) is 1.25. The smallest absolute Gasteiger partial charge is 0.0902 e. The molecule has 0 aliphatic heterocycles. The van der Waals surface area contributed by atoms with E-state index in [0.717, 1.165) is 16.7 Å². The zero-order chi connectivity index (χ0) is 11.8. The molecule has 0 bridgehead atoms. The van der Waals surface area contributed by atoms with Crippen LogP contribution < -0.4 is 5.73 Å². The van der Waals surface area contributed by atoms with Gasteiger partial charge in [-0.15, -0.1) is 0 Å². The number of aryl methyl sites for hydroxylation is 1. The minimum absolute atomic E-state index is 0.780. The van der Waals surface area contributed by atoms with Gasteiger partial charge in [0.05, 0.1) is 16.7 Å². The van der Waals surface area contributed by atoms with Crippen molar-refractivity contribution < 1.29 is 0 Å². The van der Waals surface area contributed by atoms with E-state index in [-0.39, 0.29) is 0 Å². The van der Waals surface area contributed by atoms with Gasteiger partial charge in [0, 0.05) is 19.4 Å². The Labute approximate surface area is 91.9 Å². The largest absolute Gasteiger partial charge is 0.397 e. The van der Waals surface area contributed by atoms with Gasteiger partial charge in [0.15, 0.2) is 0 Å². The van der Waals surface area contributed by atoms with Crippen molar-refractivity contribution >= 4 is 16.7 Å². The topological polar surface area (TPSA) is 43.8 Å². The van der Waals surface area contributed by atoms with Crippen molar-refractivity contribution in [1.29, 1.82) is 0 Å². The zero-order valence-corrected chi connectivity index (χ0v) is 10.3. The van der Waals surface area contributed by atoms with Crippen LogP contribution in [0.1, 0.15) is 27.7 Å². The molecule has 0 fully saturated rings. The zero-order valence-electron chi connectivity index (χ0n) is 10.3. The standard InChI is InChI=1S/C8H9N3.2C2H6/c1-11-5-3-7-8(11)6(9)2-4-10-7;2*1-2/h2-5H,1H3,(H2,9,10);2*1-2H3. The SMILES string of the molecule is CC.CC.Cn1ccc2nccc(N)c21. The van der Waals surface area contributed by atoms with Crippen molar-refractivity contribution in [3.63, 3.8) is 0 Å². The average molecular weight is 207 g/mol. The molecule has 2 heterocycles. The molecule has 2 rings (SSSR count). The summed E-state index contributed by atoms with van der Waals surface area (Å²) in [6.07, 6.45) is 3.67. The highest BCUT2D eigenvalue weighted by molar-refractivity contribution is 5.86. The molecular weight excluding hydrogens is 186 g/mol. The molecule has 84 valence electrons. The molecule has 0 aliphatic carbocycles. The average Bonchev–Trinajstić information content (AvgIpc) is 2.68. The highest BCUT2D eigenvalue weighted by atomic mass is 14.9. The number of nitrogens with zero attached hydrogens (tertiary/aromatic N) is 2. The van der Waals surface area contributed by atoms with Gasteiger partial charge in [-0.3, -0.25) is 4.98 Å². The first-order valence-electron chi connectivity index (χ1n) is 5.44. The van der Waals surface area contributed by atoms with Crippen molar-refractivity contribution in [2.24, 2.45) is 7.05 Å². The lowest BCUT2D eigenvalue weighted by atomic mass is 10.3. The Morgan fingerprint density at radius 3 is 2.27 bits per heavy atom. The van der Waals surface area contributed by atoms with Crippen LogP contribution >= 0.6 is 0 Å². The second-order valence-corrected chi connectivity index (χ2v) is 2.56. The Morgan fingerprint density at radius 1 is 1.13 bits per heavy atom. The van der Waals surface area contributed by atoms with E-state index < -0.39 is 0 Å². The maximum atomic E-state index is 5.74. The van der Waals surface area contributed by atoms with Crippen molar-refractivity contribution in [3.05, 3.63) is 24.5 Å². The first-order chi connectivity index (χ1) is 7.29. The Bertz CT molecular complexity index is 391. The maximum absolute atomic E-state index is 5.74. The van der Waals surface area contributed by atoms with Crippen LogP contribution in [0.15, 0.2) is 24.5 Å². The lowest BCUT2D eigenvalue weighted by molar-refractivity contribution is 0.969. The second kappa shape index (κ2) is 6.87. The van der Waals surface area contributed by atoms with E-state index in [4.69, 9.17) is 5.73 Å². The minimum Gasteiger partial charge on any atom is -0.397 e. The summed E-state index contributed by atoms with van der Waals surface area (Å²) in [5, 5.41) is 0. The predicted molar refractivity (Wildman–Crippen MR) is 67.8 cm³/mol. The molecule has 15 heavy (non-hydrogen) atoms. The Morgan fingerprint density at radius 2 is 1.73 bits per heavy atom. The van der Waals surface area contributed by atoms with Crippen LogP contribution in [0.25, 0.3) is 11.0 Å². The number of rotatable bonds is 0. The molecular formula is C12H21N3. The molecule has 0 spiro atoms. The fourth-order valence-electron chi connectivity index (χ4n) is 1.25. The fraction of sp³-hybridized carbons (Fsp3) is 0.417. The molecule has 0 saturated carbocycles. The highest BCUT2D eigenvalue weighted by Gasteiger charge is 2.00. The van der Waals surface area contributed by atoms with E-state index in [2.05, 4.69) is 4.98 Å². The van der Waals surface area contributed by atoms with E-state index in [1.807, 2.05) is 57.6 Å². The number of fused-ring (bicyclic) bond motifs is 1. The predicted octanol–water partition coefficient (Wildman–Crippen LogP) is 3.21. The van der Waals surface area contributed by atoms with Crippen LogP contribution in [-0.2, 0) is 7.05 Å². The van der Waals surface area contributed by atoms with Gasteiger partial charge in [0.1, 0.15) is 0 Å². The highest BCUT2D eigenvalue weighted by Crippen LogP contribution is 2.17. The van der Waals surface area contributed by atoms with Crippen LogP contribution in [0.2, 0.25) is 0 Å². The molecule has 0 saturated heterocycles. The molecule has 0 radical (unpaired) electrons. The van der Waals surface area contributed by atoms with Gasteiger partial charge in [-0.25, -0.2) is 0 Å². The molecule has 3 nitrogen and oxygen atoms in total.